The first-order valence-corrected chi connectivity index (χ1v) is 9.37. The van der Waals surface area contributed by atoms with Gasteiger partial charge in [0.1, 0.15) is 0 Å². The molecule has 6 heteroatoms. The smallest absolute Gasteiger partial charge is 0.317 e. The number of carboxylic acid groups (broad SMARTS) is 1. The maximum atomic E-state index is 12.8. The fourth-order valence-corrected chi connectivity index (χ4v) is 4.02. The van der Waals surface area contributed by atoms with Crippen LogP contribution in [-0.4, -0.2) is 72.7 Å². The molecule has 1 N–H and O–H groups in total. The van der Waals surface area contributed by atoms with Gasteiger partial charge in [-0.15, -0.1) is 0 Å². The number of carbonyl (C=O) groups is 2. The van der Waals surface area contributed by atoms with Gasteiger partial charge in [0.25, 0.3) is 0 Å². The average molecular weight is 360 g/mol. The summed E-state index contributed by atoms with van der Waals surface area (Å²) in [7, 11) is 1.76. The van der Waals surface area contributed by atoms with Crippen molar-refractivity contribution >= 4 is 11.9 Å². The van der Waals surface area contributed by atoms with E-state index in [2.05, 4.69) is 24.3 Å². The quantitative estimate of drug-likeness (QED) is 0.831. The number of carbonyl (C=O) groups excluding carboxylic acids is 1. The lowest BCUT2D eigenvalue weighted by molar-refractivity contribution is -0.143. The molecule has 3 rings (SSSR count). The van der Waals surface area contributed by atoms with Crippen LogP contribution in [0.5, 0.6) is 0 Å². The van der Waals surface area contributed by atoms with Crippen LogP contribution in [0.2, 0.25) is 0 Å². The molecule has 2 unspecified atom stereocenters. The Kier molecular flexibility index (Phi) is 6.27. The van der Waals surface area contributed by atoms with Crippen molar-refractivity contribution in [2.45, 2.75) is 31.8 Å². The molecular weight excluding hydrogens is 332 g/mol. The number of benzene rings is 1. The van der Waals surface area contributed by atoms with E-state index < -0.39 is 5.97 Å². The SMILES string of the molecule is CN(CC(=O)O)CC1CN(C(=O)CC2CCc3ccccc3C2)CCO1. The summed E-state index contributed by atoms with van der Waals surface area (Å²) in [4.78, 5) is 27.1. The summed E-state index contributed by atoms with van der Waals surface area (Å²) in [5.41, 5.74) is 2.80. The van der Waals surface area contributed by atoms with Crippen molar-refractivity contribution in [2.75, 3.05) is 39.8 Å². The highest BCUT2D eigenvalue weighted by Gasteiger charge is 2.28. The number of aryl methyl sites for hydroxylation is 1. The van der Waals surface area contributed by atoms with E-state index in [1.807, 2.05) is 4.90 Å². The van der Waals surface area contributed by atoms with Crippen molar-refractivity contribution in [3.05, 3.63) is 35.4 Å². The first-order chi connectivity index (χ1) is 12.5. The van der Waals surface area contributed by atoms with Gasteiger partial charge in [0.2, 0.25) is 5.91 Å². The summed E-state index contributed by atoms with van der Waals surface area (Å²) in [6, 6.07) is 8.52. The molecule has 0 aromatic heterocycles. The lowest BCUT2D eigenvalue weighted by atomic mass is 9.82. The van der Waals surface area contributed by atoms with Crippen LogP contribution in [0.15, 0.2) is 24.3 Å². The van der Waals surface area contributed by atoms with Crippen molar-refractivity contribution in [3.8, 4) is 0 Å². The Hall–Kier alpha value is -1.92. The number of ether oxygens (including phenoxy) is 1. The first-order valence-electron chi connectivity index (χ1n) is 9.37. The lowest BCUT2D eigenvalue weighted by Crippen LogP contribution is -2.50. The normalized spacial score (nSPS) is 22.9. The van der Waals surface area contributed by atoms with Gasteiger partial charge in [-0.2, -0.15) is 0 Å². The van der Waals surface area contributed by atoms with Gasteiger partial charge in [-0.05, 0) is 43.4 Å². The van der Waals surface area contributed by atoms with E-state index >= 15 is 0 Å². The second kappa shape index (κ2) is 8.64. The van der Waals surface area contributed by atoms with E-state index in [9.17, 15) is 9.59 Å². The molecule has 1 heterocycles. The highest BCUT2D eigenvalue weighted by atomic mass is 16.5. The Morgan fingerprint density at radius 1 is 1.31 bits per heavy atom. The van der Waals surface area contributed by atoms with Gasteiger partial charge in [0.15, 0.2) is 0 Å². The van der Waals surface area contributed by atoms with Crippen LogP contribution in [0.3, 0.4) is 0 Å². The number of fused-ring (bicyclic) bond motifs is 1. The molecule has 0 spiro atoms. The molecule has 1 saturated heterocycles. The molecule has 0 saturated carbocycles. The summed E-state index contributed by atoms with van der Waals surface area (Å²) < 4.78 is 5.72. The molecule has 1 aromatic rings. The van der Waals surface area contributed by atoms with Gasteiger partial charge in [-0.1, -0.05) is 24.3 Å². The largest absolute Gasteiger partial charge is 0.480 e. The van der Waals surface area contributed by atoms with Gasteiger partial charge < -0.3 is 14.7 Å². The van der Waals surface area contributed by atoms with Gasteiger partial charge in [0.05, 0.1) is 19.3 Å². The Balaban J connectivity index is 1.49. The molecular formula is C20H28N2O4. The number of nitrogens with zero attached hydrogens (tertiary/aromatic N) is 2. The van der Waals surface area contributed by atoms with E-state index in [-0.39, 0.29) is 18.6 Å². The lowest BCUT2D eigenvalue weighted by Gasteiger charge is -2.35. The number of carboxylic acids is 1. The summed E-state index contributed by atoms with van der Waals surface area (Å²) in [5, 5.41) is 8.86. The van der Waals surface area contributed by atoms with Crippen LogP contribution < -0.4 is 0 Å². The predicted octanol–water partition coefficient (Wildman–Crippen LogP) is 1.43. The van der Waals surface area contributed by atoms with Gasteiger partial charge >= 0.3 is 5.97 Å². The Morgan fingerprint density at radius 3 is 2.85 bits per heavy atom. The summed E-state index contributed by atoms with van der Waals surface area (Å²) in [5.74, 6) is -0.245. The zero-order valence-electron chi connectivity index (χ0n) is 15.4. The van der Waals surface area contributed by atoms with Crippen molar-refractivity contribution in [3.63, 3.8) is 0 Å². The van der Waals surface area contributed by atoms with Crippen LogP contribution in [-0.2, 0) is 27.2 Å². The number of aliphatic carboxylic acids is 1. The molecule has 1 amide bonds. The van der Waals surface area contributed by atoms with Gasteiger partial charge in [-0.3, -0.25) is 14.5 Å². The third-order valence-corrected chi connectivity index (χ3v) is 5.32. The molecule has 1 aliphatic carbocycles. The predicted molar refractivity (Wildman–Crippen MR) is 98.0 cm³/mol. The van der Waals surface area contributed by atoms with Crippen LogP contribution in [0, 0.1) is 5.92 Å². The van der Waals surface area contributed by atoms with Crippen molar-refractivity contribution in [1.29, 1.82) is 0 Å². The minimum atomic E-state index is -0.853. The number of amides is 1. The number of hydrogen-bond donors (Lipinski definition) is 1. The Bertz CT molecular complexity index is 648. The van der Waals surface area contributed by atoms with E-state index in [0.29, 0.717) is 38.6 Å². The van der Waals surface area contributed by atoms with Gasteiger partial charge in [0, 0.05) is 26.1 Å². The zero-order chi connectivity index (χ0) is 18.5. The minimum absolute atomic E-state index is 0.0186. The zero-order valence-corrected chi connectivity index (χ0v) is 15.4. The highest BCUT2D eigenvalue weighted by molar-refractivity contribution is 5.76. The van der Waals surface area contributed by atoms with Crippen LogP contribution >= 0.6 is 0 Å². The van der Waals surface area contributed by atoms with Crippen LogP contribution in [0.4, 0.5) is 0 Å². The Labute approximate surface area is 154 Å². The molecule has 0 radical (unpaired) electrons. The second-order valence-electron chi connectivity index (χ2n) is 7.50. The van der Waals surface area contributed by atoms with E-state index in [4.69, 9.17) is 9.84 Å². The van der Waals surface area contributed by atoms with Crippen molar-refractivity contribution in [1.82, 2.24) is 9.80 Å². The number of rotatable bonds is 6. The maximum Gasteiger partial charge on any atom is 0.317 e. The Morgan fingerprint density at radius 2 is 2.08 bits per heavy atom. The number of likely N-dealkylation sites (N-methyl/N-ethyl adjacent to an activating group) is 1. The molecule has 2 atom stereocenters. The third kappa shape index (κ3) is 5.05. The van der Waals surface area contributed by atoms with E-state index in [1.54, 1.807) is 11.9 Å². The molecule has 1 aromatic carbocycles. The standard InChI is InChI=1S/C20H28N2O4/c1-21(14-20(24)25)12-18-13-22(8-9-26-18)19(23)11-15-6-7-16-4-2-3-5-17(16)10-15/h2-5,15,18H,6-14H2,1H3,(H,24,25). The third-order valence-electron chi connectivity index (χ3n) is 5.32. The van der Waals surface area contributed by atoms with Crippen molar-refractivity contribution < 1.29 is 19.4 Å². The van der Waals surface area contributed by atoms with E-state index in [1.165, 1.54) is 11.1 Å². The number of morpholine rings is 1. The number of hydrogen-bond acceptors (Lipinski definition) is 4. The molecule has 1 fully saturated rings. The van der Waals surface area contributed by atoms with E-state index in [0.717, 1.165) is 19.3 Å². The fourth-order valence-electron chi connectivity index (χ4n) is 4.02. The summed E-state index contributed by atoms with van der Waals surface area (Å²) in [6.45, 7) is 2.19. The van der Waals surface area contributed by atoms with Crippen LogP contribution in [0.1, 0.15) is 24.0 Å². The highest BCUT2D eigenvalue weighted by Crippen LogP contribution is 2.28. The maximum absolute atomic E-state index is 12.8. The molecule has 2 aliphatic rings. The first kappa shape index (κ1) is 18.9. The topological polar surface area (TPSA) is 70.1 Å². The molecule has 6 nitrogen and oxygen atoms in total. The average Bonchev–Trinajstić information content (AvgIpc) is 2.61. The summed E-state index contributed by atoms with van der Waals surface area (Å²) >= 11 is 0. The molecule has 26 heavy (non-hydrogen) atoms. The molecule has 1 aliphatic heterocycles. The molecule has 142 valence electrons. The minimum Gasteiger partial charge on any atom is -0.480 e. The molecule has 0 bridgehead atoms. The second-order valence-corrected chi connectivity index (χ2v) is 7.50. The fraction of sp³-hybridized carbons (Fsp3) is 0.600. The summed E-state index contributed by atoms with van der Waals surface area (Å²) in [6.07, 6.45) is 3.57. The van der Waals surface area contributed by atoms with Crippen LogP contribution in [0.25, 0.3) is 0 Å². The van der Waals surface area contributed by atoms with Gasteiger partial charge in [-0.25, -0.2) is 0 Å². The monoisotopic (exact) mass is 360 g/mol. The van der Waals surface area contributed by atoms with Crippen molar-refractivity contribution in [2.24, 2.45) is 5.92 Å².